The Hall–Kier alpha value is -3.88. The van der Waals surface area contributed by atoms with Crippen LogP contribution in [-0.2, 0) is 5.60 Å². The van der Waals surface area contributed by atoms with Crippen LogP contribution in [0.15, 0.2) is 36.7 Å². The quantitative estimate of drug-likeness (QED) is 0.218. The maximum absolute atomic E-state index is 15.0. The van der Waals surface area contributed by atoms with Gasteiger partial charge in [-0.25, -0.2) is 42.3 Å². The van der Waals surface area contributed by atoms with Crippen LogP contribution in [0, 0.1) is 25.1 Å². The molecule has 190 valence electrons. The van der Waals surface area contributed by atoms with Crippen molar-refractivity contribution in [3.05, 3.63) is 81.8 Å². The standard InChI is InChI=1S/C25H19ClF4N6O/c1-11-18(26)22(36-20(23(29)30)14-7-13(31-4)5-6-15(14)27)21-17(34-11)8-16(28)19(35-21)12-9-32-24(33-10-12)25(2,3)37/h5-10,20,23,37H,1-3H3,(H,34,36)/t20-/m0/s1. The van der Waals surface area contributed by atoms with E-state index in [4.69, 9.17) is 18.2 Å². The van der Waals surface area contributed by atoms with Crippen LogP contribution < -0.4 is 5.32 Å². The molecular formula is C25H19ClF4N6O. The van der Waals surface area contributed by atoms with Gasteiger partial charge >= 0.3 is 0 Å². The number of halogens is 5. The molecule has 2 N–H and O–H groups in total. The van der Waals surface area contributed by atoms with Gasteiger partial charge in [0.1, 0.15) is 28.7 Å². The minimum Gasteiger partial charge on any atom is -0.382 e. The average molecular weight is 531 g/mol. The number of aliphatic hydroxyl groups is 1. The van der Waals surface area contributed by atoms with Gasteiger partial charge in [-0.05, 0) is 32.9 Å². The minimum atomic E-state index is -3.11. The minimum absolute atomic E-state index is 0.0167. The van der Waals surface area contributed by atoms with Gasteiger partial charge in [0.15, 0.2) is 17.3 Å². The second kappa shape index (κ2) is 9.88. The first kappa shape index (κ1) is 26.2. The molecule has 1 aromatic carbocycles. The summed E-state index contributed by atoms with van der Waals surface area (Å²) >= 11 is 6.42. The van der Waals surface area contributed by atoms with Gasteiger partial charge in [0.2, 0.25) is 0 Å². The van der Waals surface area contributed by atoms with Crippen LogP contribution in [0.1, 0.15) is 37.0 Å². The van der Waals surface area contributed by atoms with Crippen LogP contribution in [0.5, 0.6) is 0 Å². The lowest BCUT2D eigenvalue weighted by Crippen LogP contribution is -2.21. The van der Waals surface area contributed by atoms with Crippen LogP contribution in [0.25, 0.3) is 27.1 Å². The summed E-state index contributed by atoms with van der Waals surface area (Å²) in [5.41, 5.74) is -1.81. The highest BCUT2D eigenvalue weighted by Gasteiger charge is 2.29. The number of benzene rings is 1. The van der Waals surface area contributed by atoms with Crippen LogP contribution in [0.2, 0.25) is 5.02 Å². The lowest BCUT2D eigenvalue weighted by atomic mass is 10.0. The Bertz CT molecular complexity index is 1530. The van der Waals surface area contributed by atoms with Gasteiger partial charge in [0.25, 0.3) is 6.43 Å². The normalized spacial score (nSPS) is 12.6. The van der Waals surface area contributed by atoms with E-state index in [1.807, 2.05) is 0 Å². The van der Waals surface area contributed by atoms with Crippen molar-refractivity contribution in [1.82, 2.24) is 19.9 Å². The highest BCUT2D eigenvalue weighted by molar-refractivity contribution is 6.35. The molecule has 0 saturated carbocycles. The number of pyridine rings is 2. The Kier molecular flexibility index (Phi) is 6.99. The molecule has 37 heavy (non-hydrogen) atoms. The van der Waals surface area contributed by atoms with E-state index in [2.05, 4.69) is 30.1 Å². The van der Waals surface area contributed by atoms with Gasteiger partial charge in [-0.2, -0.15) is 0 Å². The second-order valence-corrected chi connectivity index (χ2v) is 9.08. The summed E-state index contributed by atoms with van der Waals surface area (Å²) in [6.07, 6.45) is -0.583. The number of anilines is 1. The van der Waals surface area contributed by atoms with Crippen molar-refractivity contribution in [2.24, 2.45) is 0 Å². The molecule has 0 radical (unpaired) electrons. The van der Waals surface area contributed by atoms with E-state index >= 15 is 4.39 Å². The first-order valence-corrected chi connectivity index (χ1v) is 11.2. The molecule has 0 spiro atoms. The number of hydrogen-bond donors (Lipinski definition) is 2. The van der Waals surface area contributed by atoms with E-state index in [1.165, 1.54) is 39.2 Å². The molecule has 12 heteroatoms. The van der Waals surface area contributed by atoms with Crippen LogP contribution >= 0.6 is 11.6 Å². The number of aromatic nitrogens is 4. The largest absolute Gasteiger partial charge is 0.382 e. The topological polar surface area (TPSA) is 88.2 Å². The maximum atomic E-state index is 15.0. The van der Waals surface area contributed by atoms with Crippen molar-refractivity contribution >= 4 is 34.0 Å². The van der Waals surface area contributed by atoms with E-state index in [1.54, 1.807) is 0 Å². The number of fused-ring (bicyclic) bond motifs is 1. The lowest BCUT2D eigenvalue weighted by Gasteiger charge is -2.23. The molecule has 0 aliphatic rings. The Morgan fingerprint density at radius 1 is 1.08 bits per heavy atom. The number of aryl methyl sites for hydroxylation is 1. The molecule has 4 aromatic rings. The summed E-state index contributed by atoms with van der Waals surface area (Å²) < 4.78 is 57.9. The zero-order chi connectivity index (χ0) is 27.1. The van der Waals surface area contributed by atoms with Gasteiger partial charge in [0.05, 0.1) is 28.5 Å². The Labute approximate surface area is 214 Å². The average Bonchev–Trinajstić information content (AvgIpc) is 2.84. The van der Waals surface area contributed by atoms with E-state index in [0.717, 1.165) is 18.2 Å². The number of alkyl halides is 2. The van der Waals surface area contributed by atoms with Gasteiger partial charge in [-0.1, -0.05) is 17.7 Å². The number of nitrogens with zero attached hydrogens (tertiary/aromatic N) is 5. The van der Waals surface area contributed by atoms with E-state index in [9.17, 15) is 18.3 Å². The van der Waals surface area contributed by atoms with Crippen LogP contribution in [0.4, 0.5) is 28.9 Å². The monoisotopic (exact) mass is 530 g/mol. The highest BCUT2D eigenvalue weighted by atomic mass is 35.5. The SMILES string of the molecule is [C-]#[N+]c1ccc(F)c([C@H](Nc2c(Cl)c(C)nc3cc(F)c(-c4cnc(C(C)(C)O)nc4)nc23)C(F)F)c1. The predicted octanol–water partition coefficient (Wildman–Crippen LogP) is 6.52. The Balaban J connectivity index is 1.88. The summed E-state index contributed by atoms with van der Waals surface area (Å²) in [5, 5.41) is 12.5. The molecule has 0 aliphatic carbocycles. The summed E-state index contributed by atoms with van der Waals surface area (Å²) in [5.74, 6) is -1.63. The van der Waals surface area contributed by atoms with E-state index in [-0.39, 0.29) is 50.2 Å². The fourth-order valence-electron chi connectivity index (χ4n) is 3.63. The highest BCUT2D eigenvalue weighted by Crippen LogP contribution is 2.38. The lowest BCUT2D eigenvalue weighted by molar-refractivity contribution is 0.0687. The first-order valence-electron chi connectivity index (χ1n) is 10.8. The fraction of sp³-hybridized carbons (Fsp3) is 0.240. The third kappa shape index (κ3) is 5.16. The zero-order valence-corrected chi connectivity index (χ0v) is 20.4. The summed E-state index contributed by atoms with van der Waals surface area (Å²) in [4.78, 5) is 19.8. The van der Waals surface area contributed by atoms with Gasteiger partial charge in [0, 0.05) is 29.6 Å². The summed E-state index contributed by atoms with van der Waals surface area (Å²) in [7, 11) is 0. The molecule has 0 saturated heterocycles. The van der Waals surface area contributed by atoms with Crippen LogP contribution in [0.3, 0.4) is 0 Å². The number of nitrogens with one attached hydrogen (secondary N) is 1. The molecular weight excluding hydrogens is 512 g/mol. The summed E-state index contributed by atoms with van der Waals surface area (Å²) in [6.45, 7) is 11.6. The van der Waals surface area contributed by atoms with Crippen LogP contribution in [-0.4, -0.2) is 31.5 Å². The van der Waals surface area contributed by atoms with Crippen molar-refractivity contribution in [2.75, 3.05) is 5.32 Å². The van der Waals surface area contributed by atoms with Crippen molar-refractivity contribution < 1.29 is 22.7 Å². The maximum Gasteiger partial charge on any atom is 0.262 e. The Morgan fingerprint density at radius 3 is 2.35 bits per heavy atom. The number of rotatable bonds is 6. The first-order chi connectivity index (χ1) is 17.4. The molecule has 1 atom stereocenters. The van der Waals surface area contributed by atoms with Crippen molar-refractivity contribution in [3.8, 4) is 11.3 Å². The zero-order valence-electron chi connectivity index (χ0n) is 19.7. The molecule has 0 unspecified atom stereocenters. The van der Waals surface area contributed by atoms with Crippen molar-refractivity contribution in [2.45, 2.75) is 38.8 Å². The third-order valence-electron chi connectivity index (χ3n) is 5.49. The smallest absolute Gasteiger partial charge is 0.262 e. The number of hydrogen-bond acceptors (Lipinski definition) is 6. The molecule has 7 nitrogen and oxygen atoms in total. The van der Waals surface area contributed by atoms with E-state index in [0.29, 0.717) is 0 Å². The van der Waals surface area contributed by atoms with Crippen molar-refractivity contribution in [1.29, 1.82) is 0 Å². The molecule has 0 fully saturated rings. The molecule has 4 rings (SSSR count). The molecule has 0 aliphatic heterocycles. The van der Waals surface area contributed by atoms with Gasteiger partial charge < -0.3 is 10.4 Å². The second-order valence-electron chi connectivity index (χ2n) is 8.70. The fourth-order valence-corrected chi connectivity index (χ4v) is 3.82. The Morgan fingerprint density at radius 2 is 1.76 bits per heavy atom. The van der Waals surface area contributed by atoms with Crippen molar-refractivity contribution in [3.63, 3.8) is 0 Å². The molecule has 0 bridgehead atoms. The third-order valence-corrected chi connectivity index (χ3v) is 5.95. The van der Waals surface area contributed by atoms with E-state index < -0.39 is 35.3 Å². The molecule has 0 amide bonds. The molecule has 3 heterocycles. The summed E-state index contributed by atoms with van der Waals surface area (Å²) in [6, 6.07) is 2.29. The predicted molar refractivity (Wildman–Crippen MR) is 131 cm³/mol. The van der Waals surface area contributed by atoms with Gasteiger partial charge in [-0.3, -0.25) is 0 Å². The molecule has 3 aromatic heterocycles. The van der Waals surface area contributed by atoms with Gasteiger partial charge in [-0.15, -0.1) is 0 Å².